The number of rotatable bonds is 5. The largest absolute Gasteiger partial charge is 0.469 e. The predicted molar refractivity (Wildman–Crippen MR) is 43.6 cm³/mol. The molecule has 1 fully saturated rings. The second-order valence-electron chi connectivity index (χ2n) is 2.91. The highest BCUT2D eigenvalue weighted by Crippen LogP contribution is 2.35. The third-order valence-corrected chi connectivity index (χ3v) is 2.42. The highest BCUT2D eigenvalue weighted by atomic mass is 31.2. The number of hydrogen-bond donors (Lipinski definition) is 3. The first kappa shape index (κ1) is 10.2. The molecule has 0 heterocycles. The van der Waals surface area contributed by atoms with Crippen molar-refractivity contribution in [3.05, 3.63) is 0 Å². The van der Waals surface area contributed by atoms with Gasteiger partial charge in [0.15, 0.2) is 0 Å². The zero-order valence-electron chi connectivity index (χ0n) is 6.77. The maximum Gasteiger partial charge on any atom is 0.469 e. The van der Waals surface area contributed by atoms with E-state index in [0.717, 1.165) is 12.8 Å². The van der Waals surface area contributed by atoms with Gasteiger partial charge in [-0.1, -0.05) is 6.42 Å². The van der Waals surface area contributed by atoms with Gasteiger partial charge in [0, 0.05) is 12.6 Å². The number of hydrogen-bond acceptors (Lipinski definition) is 3. The zero-order valence-corrected chi connectivity index (χ0v) is 7.67. The van der Waals surface area contributed by atoms with Crippen LogP contribution in [-0.2, 0) is 9.09 Å². The fourth-order valence-electron chi connectivity index (χ4n) is 1.04. The van der Waals surface area contributed by atoms with Crippen molar-refractivity contribution >= 4 is 7.82 Å². The van der Waals surface area contributed by atoms with Crippen LogP contribution in [-0.4, -0.2) is 29.0 Å². The van der Waals surface area contributed by atoms with Crippen LogP contribution < -0.4 is 5.32 Å². The Labute approximate surface area is 71.4 Å². The van der Waals surface area contributed by atoms with E-state index >= 15 is 0 Å². The first-order valence-electron chi connectivity index (χ1n) is 4.01. The summed E-state index contributed by atoms with van der Waals surface area (Å²) in [6.07, 6.45) is 3.57. The second kappa shape index (κ2) is 4.35. The summed E-state index contributed by atoms with van der Waals surface area (Å²) >= 11 is 0. The van der Waals surface area contributed by atoms with Gasteiger partial charge in [-0.05, 0) is 12.8 Å². The van der Waals surface area contributed by atoms with Crippen molar-refractivity contribution in [2.24, 2.45) is 0 Å². The maximum absolute atomic E-state index is 10.2. The average molecular weight is 195 g/mol. The molecule has 5 nitrogen and oxygen atoms in total. The van der Waals surface area contributed by atoms with Gasteiger partial charge in [-0.3, -0.25) is 4.52 Å². The Bertz CT molecular complexity index is 176. The van der Waals surface area contributed by atoms with E-state index in [4.69, 9.17) is 9.79 Å². The molecule has 0 saturated heterocycles. The van der Waals surface area contributed by atoms with Gasteiger partial charge in [-0.25, -0.2) is 4.57 Å². The summed E-state index contributed by atoms with van der Waals surface area (Å²) in [6, 6.07) is 0.533. The molecule has 72 valence electrons. The molecule has 12 heavy (non-hydrogen) atoms. The monoisotopic (exact) mass is 195 g/mol. The summed E-state index contributed by atoms with van der Waals surface area (Å²) < 4.78 is 14.5. The number of phosphoric ester groups is 1. The fraction of sp³-hybridized carbons (Fsp3) is 1.00. The molecule has 0 aromatic carbocycles. The van der Waals surface area contributed by atoms with Crippen molar-refractivity contribution in [1.82, 2.24) is 5.32 Å². The third kappa shape index (κ3) is 4.18. The quantitative estimate of drug-likeness (QED) is 0.432. The van der Waals surface area contributed by atoms with Crippen LogP contribution in [0.1, 0.15) is 19.3 Å². The molecule has 0 unspecified atom stereocenters. The van der Waals surface area contributed by atoms with Gasteiger partial charge in [0.05, 0.1) is 6.61 Å². The Balaban J connectivity index is 1.92. The van der Waals surface area contributed by atoms with Gasteiger partial charge in [0.25, 0.3) is 0 Å². The molecule has 0 amide bonds. The molecule has 1 aliphatic rings. The molecule has 1 aliphatic carbocycles. The minimum absolute atomic E-state index is 0.0702. The summed E-state index contributed by atoms with van der Waals surface area (Å²) in [5.74, 6) is 0. The molecule has 0 aromatic rings. The molecule has 1 saturated carbocycles. The first-order valence-corrected chi connectivity index (χ1v) is 5.54. The Hall–Kier alpha value is 0.0700. The first-order chi connectivity index (χ1) is 5.58. The second-order valence-corrected chi connectivity index (χ2v) is 4.15. The Kier molecular flexibility index (Phi) is 3.68. The van der Waals surface area contributed by atoms with Gasteiger partial charge in [-0.2, -0.15) is 0 Å². The zero-order chi connectivity index (χ0) is 9.03. The molecule has 0 atom stereocenters. The predicted octanol–water partition coefficient (Wildman–Crippen LogP) is 0.238. The van der Waals surface area contributed by atoms with Crippen molar-refractivity contribution in [2.75, 3.05) is 13.2 Å². The maximum atomic E-state index is 10.2. The van der Waals surface area contributed by atoms with E-state index in [2.05, 4.69) is 9.84 Å². The fourth-order valence-corrected chi connectivity index (χ4v) is 1.37. The lowest BCUT2D eigenvalue weighted by Crippen LogP contribution is -2.36. The normalized spacial score (nSPS) is 19.2. The molecule has 0 radical (unpaired) electrons. The lowest BCUT2D eigenvalue weighted by Gasteiger charge is -2.26. The van der Waals surface area contributed by atoms with Crippen LogP contribution in [0.25, 0.3) is 0 Å². The molecular formula is C6H14NO4P. The topological polar surface area (TPSA) is 78.8 Å². The van der Waals surface area contributed by atoms with E-state index in [1.807, 2.05) is 0 Å². The minimum atomic E-state index is -4.26. The van der Waals surface area contributed by atoms with Crippen LogP contribution in [0, 0.1) is 0 Å². The summed E-state index contributed by atoms with van der Waals surface area (Å²) in [4.78, 5) is 16.6. The van der Waals surface area contributed by atoms with Crippen LogP contribution in [0.15, 0.2) is 0 Å². The molecule has 0 spiro atoms. The molecule has 0 aliphatic heterocycles. The van der Waals surface area contributed by atoms with Gasteiger partial charge >= 0.3 is 7.82 Å². The van der Waals surface area contributed by atoms with E-state index in [-0.39, 0.29) is 6.61 Å². The smallest absolute Gasteiger partial charge is 0.312 e. The van der Waals surface area contributed by atoms with Crippen LogP contribution in [0.2, 0.25) is 0 Å². The Morgan fingerprint density at radius 1 is 1.50 bits per heavy atom. The van der Waals surface area contributed by atoms with Crippen LogP contribution in [0.5, 0.6) is 0 Å². The van der Waals surface area contributed by atoms with Crippen LogP contribution in [0.4, 0.5) is 0 Å². The van der Waals surface area contributed by atoms with E-state index in [9.17, 15) is 4.57 Å². The molecule has 0 bridgehead atoms. The van der Waals surface area contributed by atoms with Crippen LogP contribution >= 0.6 is 7.82 Å². The van der Waals surface area contributed by atoms with Gasteiger partial charge in [0.2, 0.25) is 0 Å². The SMILES string of the molecule is O=P(O)(O)OCCNC1CCC1. The lowest BCUT2D eigenvalue weighted by molar-refractivity contribution is 0.191. The number of phosphoric acid groups is 1. The summed E-state index contributed by atoms with van der Waals surface area (Å²) in [7, 11) is -4.26. The van der Waals surface area contributed by atoms with Gasteiger partial charge in [-0.15, -0.1) is 0 Å². The average Bonchev–Trinajstić information content (AvgIpc) is 1.80. The third-order valence-electron chi connectivity index (χ3n) is 1.90. The van der Waals surface area contributed by atoms with E-state index in [1.165, 1.54) is 6.42 Å². The van der Waals surface area contributed by atoms with Gasteiger partial charge < -0.3 is 15.1 Å². The van der Waals surface area contributed by atoms with Crippen molar-refractivity contribution < 1.29 is 18.9 Å². The Morgan fingerprint density at radius 2 is 2.17 bits per heavy atom. The van der Waals surface area contributed by atoms with E-state index in [0.29, 0.717) is 12.6 Å². The van der Waals surface area contributed by atoms with Crippen molar-refractivity contribution in [3.63, 3.8) is 0 Å². The molecule has 1 rings (SSSR count). The Morgan fingerprint density at radius 3 is 2.58 bits per heavy atom. The van der Waals surface area contributed by atoms with Crippen molar-refractivity contribution in [2.45, 2.75) is 25.3 Å². The van der Waals surface area contributed by atoms with Crippen LogP contribution in [0.3, 0.4) is 0 Å². The summed E-state index contributed by atoms with van der Waals surface area (Å²) in [5.41, 5.74) is 0. The molecular weight excluding hydrogens is 181 g/mol. The lowest BCUT2D eigenvalue weighted by atomic mass is 9.93. The highest BCUT2D eigenvalue weighted by molar-refractivity contribution is 7.46. The molecule has 6 heteroatoms. The minimum Gasteiger partial charge on any atom is -0.312 e. The number of nitrogens with one attached hydrogen (secondary N) is 1. The highest BCUT2D eigenvalue weighted by Gasteiger charge is 2.17. The van der Waals surface area contributed by atoms with E-state index in [1.54, 1.807) is 0 Å². The van der Waals surface area contributed by atoms with Crippen molar-refractivity contribution in [1.29, 1.82) is 0 Å². The van der Waals surface area contributed by atoms with E-state index < -0.39 is 7.82 Å². The standard InChI is InChI=1S/C6H14NO4P/c8-12(9,10)11-5-4-7-6-2-1-3-6/h6-7H,1-5H2,(H2,8,9,10). The van der Waals surface area contributed by atoms with Crippen molar-refractivity contribution in [3.8, 4) is 0 Å². The summed E-state index contributed by atoms with van der Waals surface area (Å²) in [6.45, 7) is 0.580. The van der Waals surface area contributed by atoms with Gasteiger partial charge in [0.1, 0.15) is 0 Å². The molecule has 0 aromatic heterocycles. The summed E-state index contributed by atoms with van der Waals surface area (Å²) in [5, 5.41) is 3.12. The molecule has 3 N–H and O–H groups in total.